The highest BCUT2D eigenvalue weighted by Gasteiger charge is 2.25. The van der Waals surface area contributed by atoms with Crippen LogP contribution < -0.4 is 15.0 Å². The monoisotopic (exact) mass is 328 g/mol. The molecule has 0 atom stereocenters. The molecule has 126 valence electrons. The first-order valence-electron chi connectivity index (χ1n) is 7.96. The van der Waals surface area contributed by atoms with Crippen molar-refractivity contribution in [1.29, 1.82) is 0 Å². The number of ether oxygens (including phenoxy) is 1. The average Bonchev–Trinajstić information content (AvgIpc) is 3.08. The summed E-state index contributed by atoms with van der Waals surface area (Å²) in [6.07, 6.45) is 2.51. The van der Waals surface area contributed by atoms with E-state index in [2.05, 4.69) is 5.32 Å². The van der Waals surface area contributed by atoms with Crippen molar-refractivity contribution < 1.29 is 18.7 Å². The maximum absolute atomic E-state index is 12.1. The van der Waals surface area contributed by atoms with Crippen LogP contribution in [0.3, 0.4) is 0 Å². The van der Waals surface area contributed by atoms with Crippen LogP contribution in [0.15, 0.2) is 41.0 Å². The van der Waals surface area contributed by atoms with Gasteiger partial charge in [-0.25, -0.2) is 0 Å². The van der Waals surface area contributed by atoms with Gasteiger partial charge in [0.15, 0.2) is 6.61 Å². The molecule has 1 aromatic heterocycles. The molecule has 6 heteroatoms. The standard InChI is InChI=1S/C18H20N2O4/c1-13-6-7-16-15(10-13)20(18(22)12-24-16)8-2-5-17(21)19-11-14-4-3-9-23-14/h3-4,6-7,9-10H,2,5,8,11-12H2,1H3,(H,19,21). The van der Waals surface area contributed by atoms with E-state index >= 15 is 0 Å². The summed E-state index contributed by atoms with van der Waals surface area (Å²) >= 11 is 0. The topological polar surface area (TPSA) is 71.8 Å². The van der Waals surface area contributed by atoms with Gasteiger partial charge in [0.05, 0.1) is 18.5 Å². The number of aryl methyl sites for hydroxylation is 1. The molecule has 2 amide bonds. The third kappa shape index (κ3) is 3.76. The van der Waals surface area contributed by atoms with Crippen LogP contribution in [-0.4, -0.2) is 25.0 Å². The lowest BCUT2D eigenvalue weighted by Crippen LogP contribution is -2.39. The van der Waals surface area contributed by atoms with E-state index in [-0.39, 0.29) is 18.4 Å². The number of anilines is 1. The van der Waals surface area contributed by atoms with Crippen LogP contribution in [0.5, 0.6) is 5.75 Å². The molecule has 0 bridgehead atoms. The van der Waals surface area contributed by atoms with Gasteiger partial charge in [-0.2, -0.15) is 0 Å². The Labute approximate surface area is 140 Å². The number of hydrogen-bond donors (Lipinski definition) is 1. The van der Waals surface area contributed by atoms with Gasteiger partial charge in [-0.1, -0.05) is 6.07 Å². The van der Waals surface area contributed by atoms with Gasteiger partial charge in [0.25, 0.3) is 5.91 Å². The molecule has 2 aromatic rings. The van der Waals surface area contributed by atoms with E-state index in [0.29, 0.717) is 31.7 Å². The fraction of sp³-hybridized carbons (Fsp3) is 0.333. The number of amides is 2. The van der Waals surface area contributed by atoms with Gasteiger partial charge in [-0.3, -0.25) is 9.59 Å². The highest BCUT2D eigenvalue weighted by Crippen LogP contribution is 2.32. The second-order valence-electron chi connectivity index (χ2n) is 5.76. The van der Waals surface area contributed by atoms with E-state index in [0.717, 1.165) is 17.0 Å². The second-order valence-corrected chi connectivity index (χ2v) is 5.76. The molecule has 0 fully saturated rings. The zero-order valence-electron chi connectivity index (χ0n) is 13.6. The minimum Gasteiger partial charge on any atom is -0.482 e. The highest BCUT2D eigenvalue weighted by atomic mass is 16.5. The molecule has 3 rings (SSSR count). The summed E-state index contributed by atoms with van der Waals surface area (Å²) in [4.78, 5) is 25.7. The minimum absolute atomic E-state index is 0.0424. The molecule has 2 heterocycles. The van der Waals surface area contributed by atoms with Crippen molar-refractivity contribution >= 4 is 17.5 Å². The summed E-state index contributed by atoms with van der Waals surface area (Å²) in [5.74, 6) is 1.29. The average molecular weight is 328 g/mol. The maximum atomic E-state index is 12.1. The van der Waals surface area contributed by atoms with Crippen molar-refractivity contribution in [3.05, 3.63) is 47.9 Å². The SMILES string of the molecule is Cc1ccc2c(c1)N(CCCC(=O)NCc1ccco1)C(=O)CO2. The van der Waals surface area contributed by atoms with Gasteiger partial charge in [0, 0.05) is 13.0 Å². The Kier molecular flexibility index (Phi) is 4.84. The van der Waals surface area contributed by atoms with Gasteiger partial charge in [0.1, 0.15) is 11.5 Å². The highest BCUT2D eigenvalue weighted by molar-refractivity contribution is 5.97. The van der Waals surface area contributed by atoms with Gasteiger partial charge < -0.3 is 19.4 Å². The lowest BCUT2D eigenvalue weighted by molar-refractivity contribution is -0.123. The third-order valence-corrected chi connectivity index (χ3v) is 3.88. The number of nitrogens with one attached hydrogen (secondary N) is 1. The normalized spacial score (nSPS) is 13.4. The molecule has 6 nitrogen and oxygen atoms in total. The second kappa shape index (κ2) is 7.21. The fourth-order valence-electron chi connectivity index (χ4n) is 2.64. The number of furan rings is 1. The summed E-state index contributed by atoms with van der Waals surface area (Å²) in [5.41, 5.74) is 1.84. The first-order valence-corrected chi connectivity index (χ1v) is 7.96. The molecule has 1 aromatic carbocycles. The van der Waals surface area contributed by atoms with Gasteiger partial charge >= 0.3 is 0 Å². The number of hydrogen-bond acceptors (Lipinski definition) is 4. The fourth-order valence-corrected chi connectivity index (χ4v) is 2.64. The number of fused-ring (bicyclic) bond motifs is 1. The number of nitrogens with zero attached hydrogens (tertiary/aromatic N) is 1. The van der Waals surface area contributed by atoms with Crippen molar-refractivity contribution in [2.75, 3.05) is 18.1 Å². The molecule has 1 aliphatic heterocycles. The Balaban J connectivity index is 1.52. The molecule has 0 saturated carbocycles. The van der Waals surface area contributed by atoms with Crippen LogP contribution >= 0.6 is 0 Å². The Hall–Kier alpha value is -2.76. The first-order chi connectivity index (χ1) is 11.6. The molecule has 24 heavy (non-hydrogen) atoms. The van der Waals surface area contributed by atoms with Gasteiger partial charge in [-0.15, -0.1) is 0 Å². The Morgan fingerprint density at radius 1 is 1.33 bits per heavy atom. The van der Waals surface area contributed by atoms with E-state index < -0.39 is 0 Å². The van der Waals surface area contributed by atoms with Gasteiger partial charge in [0.2, 0.25) is 5.91 Å². The zero-order valence-corrected chi connectivity index (χ0v) is 13.6. The smallest absolute Gasteiger partial charge is 0.265 e. The Bertz CT molecular complexity index is 725. The predicted molar refractivity (Wildman–Crippen MR) is 88.8 cm³/mol. The van der Waals surface area contributed by atoms with E-state index in [1.54, 1.807) is 17.2 Å². The Morgan fingerprint density at radius 3 is 3.00 bits per heavy atom. The van der Waals surface area contributed by atoms with Crippen molar-refractivity contribution in [3.8, 4) is 5.75 Å². The predicted octanol–water partition coefficient (Wildman–Crippen LogP) is 2.41. The number of carbonyl (C=O) groups excluding carboxylic acids is 2. The number of carbonyl (C=O) groups is 2. The largest absolute Gasteiger partial charge is 0.482 e. The summed E-state index contributed by atoms with van der Waals surface area (Å²) in [5, 5.41) is 2.80. The molecule has 0 saturated heterocycles. The molecule has 0 aliphatic carbocycles. The van der Waals surface area contributed by atoms with E-state index in [1.165, 1.54) is 0 Å². The van der Waals surface area contributed by atoms with Crippen LogP contribution in [0.2, 0.25) is 0 Å². The van der Waals surface area contributed by atoms with E-state index in [4.69, 9.17) is 9.15 Å². The van der Waals surface area contributed by atoms with Crippen molar-refractivity contribution in [2.24, 2.45) is 0 Å². The van der Waals surface area contributed by atoms with Crippen LogP contribution in [-0.2, 0) is 16.1 Å². The van der Waals surface area contributed by atoms with Crippen LogP contribution in [0.25, 0.3) is 0 Å². The lowest BCUT2D eigenvalue weighted by atomic mass is 10.1. The van der Waals surface area contributed by atoms with Crippen molar-refractivity contribution in [2.45, 2.75) is 26.3 Å². The number of benzene rings is 1. The summed E-state index contributed by atoms with van der Waals surface area (Å²) < 4.78 is 10.6. The summed E-state index contributed by atoms with van der Waals surface area (Å²) in [6.45, 7) is 2.89. The quantitative estimate of drug-likeness (QED) is 0.884. The van der Waals surface area contributed by atoms with E-state index in [1.807, 2.05) is 31.2 Å². The molecular weight excluding hydrogens is 308 g/mol. The van der Waals surface area contributed by atoms with Crippen LogP contribution in [0.1, 0.15) is 24.2 Å². The minimum atomic E-state index is -0.0795. The van der Waals surface area contributed by atoms with E-state index in [9.17, 15) is 9.59 Å². The third-order valence-electron chi connectivity index (χ3n) is 3.88. The number of rotatable bonds is 6. The summed E-state index contributed by atoms with van der Waals surface area (Å²) in [6, 6.07) is 9.36. The molecule has 0 unspecified atom stereocenters. The molecule has 1 aliphatic rings. The Morgan fingerprint density at radius 2 is 2.21 bits per heavy atom. The van der Waals surface area contributed by atoms with Gasteiger partial charge in [-0.05, 0) is 43.2 Å². The molecule has 1 N–H and O–H groups in total. The summed E-state index contributed by atoms with van der Waals surface area (Å²) in [7, 11) is 0. The van der Waals surface area contributed by atoms with Crippen molar-refractivity contribution in [3.63, 3.8) is 0 Å². The zero-order chi connectivity index (χ0) is 16.9. The van der Waals surface area contributed by atoms with Crippen LogP contribution in [0, 0.1) is 6.92 Å². The van der Waals surface area contributed by atoms with Crippen molar-refractivity contribution in [1.82, 2.24) is 5.32 Å². The lowest BCUT2D eigenvalue weighted by Gasteiger charge is -2.29. The first kappa shape index (κ1) is 16.1. The maximum Gasteiger partial charge on any atom is 0.265 e. The molecule has 0 spiro atoms. The molecule has 0 radical (unpaired) electrons. The van der Waals surface area contributed by atoms with Crippen LogP contribution in [0.4, 0.5) is 5.69 Å². The molecular formula is C18H20N2O4.